The summed E-state index contributed by atoms with van der Waals surface area (Å²) in [6, 6.07) is 28.2. The van der Waals surface area contributed by atoms with Crippen molar-refractivity contribution < 1.29 is 23.4 Å². The molecule has 1 heterocycles. The number of methoxy groups -OCH3 is 4. The van der Waals surface area contributed by atoms with Crippen LogP contribution in [0.5, 0.6) is 23.0 Å². The first-order valence-electron chi connectivity index (χ1n) is 11.6. The van der Waals surface area contributed by atoms with Crippen LogP contribution in [0.25, 0.3) is 33.6 Å². The first kappa shape index (κ1) is 23.2. The van der Waals surface area contributed by atoms with E-state index >= 15 is 0 Å². The van der Waals surface area contributed by atoms with Gasteiger partial charge in [-0.05, 0) is 22.8 Å². The number of benzene rings is 4. The Bertz CT molecular complexity index is 1490. The van der Waals surface area contributed by atoms with Gasteiger partial charge in [0.1, 0.15) is 0 Å². The van der Waals surface area contributed by atoms with Crippen molar-refractivity contribution in [3.05, 3.63) is 102 Å². The molecule has 180 valence electrons. The molecule has 0 N–H and O–H groups in total. The Kier molecular flexibility index (Phi) is 6.46. The summed E-state index contributed by atoms with van der Waals surface area (Å²) < 4.78 is 28.9. The lowest BCUT2D eigenvalue weighted by Gasteiger charge is -2.14. The molecule has 0 aliphatic carbocycles. The van der Waals surface area contributed by atoms with Gasteiger partial charge in [-0.25, -0.2) is 4.42 Å². The summed E-state index contributed by atoms with van der Waals surface area (Å²) in [5.74, 6) is 2.42. The molecule has 0 radical (unpaired) electrons. The molecule has 4 aromatic carbocycles. The maximum Gasteiger partial charge on any atom is 0.365 e. The molecule has 0 atom stereocenters. The van der Waals surface area contributed by atoms with Crippen LogP contribution >= 0.6 is 0 Å². The molecule has 0 amide bonds. The number of hydrogen-bond acceptors (Lipinski definition) is 4. The van der Waals surface area contributed by atoms with E-state index in [0.29, 0.717) is 34.2 Å². The van der Waals surface area contributed by atoms with Crippen molar-refractivity contribution >= 4 is 33.6 Å². The lowest BCUT2D eigenvalue weighted by molar-refractivity contribution is 0.354. The highest BCUT2D eigenvalue weighted by Gasteiger charge is 2.27. The molecule has 5 rings (SSSR count). The van der Waals surface area contributed by atoms with E-state index in [0.717, 1.165) is 33.0 Å². The van der Waals surface area contributed by atoms with Crippen LogP contribution in [0.2, 0.25) is 0 Å². The Labute approximate surface area is 210 Å². The summed E-state index contributed by atoms with van der Waals surface area (Å²) in [6.45, 7) is 0. The van der Waals surface area contributed by atoms with Crippen molar-refractivity contribution in [3.63, 3.8) is 0 Å². The highest BCUT2D eigenvalue weighted by atomic mass is 16.5. The molecule has 5 nitrogen and oxygen atoms in total. The first-order chi connectivity index (χ1) is 17.7. The third-order valence-electron chi connectivity index (χ3n) is 6.19. The van der Waals surface area contributed by atoms with Gasteiger partial charge in [-0.15, -0.1) is 0 Å². The fourth-order valence-electron chi connectivity index (χ4n) is 4.47. The zero-order valence-corrected chi connectivity index (χ0v) is 20.7. The van der Waals surface area contributed by atoms with E-state index in [2.05, 4.69) is 30.3 Å². The van der Waals surface area contributed by atoms with Gasteiger partial charge in [-0.2, -0.15) is 0 Å². The molecule has 0 aliphatic rings. The SMILES string of the molecule is COc1cc2[o+]c3cc(OC)c(OC)cc3c(/C(=C\c3ccccc3)c3ccccc3)c2cc1OC. The number of ether oxygens (including phenoxy) is 4. The van der Waals surface area contributed by atoms with Gasteiger partial charge in [-0.3, -0.25) is 0 Å². The van der Waals surface area contributed by atoms with Gasteiger partial charge in [-0.1, -0.05) is 60.7 Å². The standard InChI is InChI=1S/C31H27O5/c1-32-27-16-23-25(18-29(27)34-3)36-26-19-30(35-4)28(33-2)17-24(26)31(23)22(21-13-9-6-10-14-21)15-20-11-7-5-8-12-20/h5-19H,1-4H3/q+1/b22-15-. The lowest BCUT2D eigenvalue weighted by Crippen LogP contribution is -1.97. The van der Waals surface area contributed by atoms with E-state index in [1.54, 1.807) is 28.4 Å². The summed E-state index contributed by atoms with van der Waals surface area (Å²) in [6.07, 6.45) is 2.19. The second kappa shape index (κ2) is 10.0. The summed E-state index contributed by atoms with van der Waals surface area (Å²) in [5.41, 5.74) is 5.50. The van der Waals surface area contributed by atoms with E-state index in [1.165, 1.54) is 0 Å². The Balaban J connectivity index is 1.97. The number of fused-ring (bicyclic) bond motifs is 2. The van der Waals surface area contributed by atoms with Crippen molar-refractivity contribution in [3.8, 4) is 23.0 Å². The van der Waals surface area contributed by atoms with Crippen LogP contribution in [0.15, 0.2) is 89.3 Å². The van der Waals surface area contributed by atoms with Crippen LogP contribution in [0.4, 0.5) is 0 Å². The smallest absolute Gasteiger partial charge is 0.365 e. The predicted molar refractivity (Wildman–Crippen MR) is 144 cm³/mol. The molecule has 0 saturated heterocycles. The molecule has 0 fully saturated rings. The summed E-state index contributed by atoms with van der Waals surface area (Å²) >= 11 is 0. The van der Waals surface area contributed by atoms with E-state index in [-0.39, 0.29) is 0 Å². The molecule has 5 heteroatoms. The van der Waals surface area contributed by atoms with Crippen LogP contribution in [0, 0.1) is 0 Å². The monoisotopic (exact) mass is 479 g/mol. The molecule has 5 aromatic rings. The van der Waals surface area contributed by atoms with Crippen molar-refractivity contribution in [2.45, 2.75) is 0 Å². The Morgan fingerprint density at radius 1 is 0.583 bits per heavy atom. The highest BCUT2D eigenvalue weighted by molar-refractivity contribution is 6.11. The summed E-state index contributed by atoms with van der Waals surface area (Å²) in [4.78, 5) is 0. The largest absolute Gasteiger partial charge is 0.493 e. The highest BCUT2D eigenvalue weighted by Crippen LogP contribution is 2.44. The Morgan fingerprint density at radius 2 is 1.03 bits per heavy atom. The van der Waals surface area contributed by atoms with Gasteiger partial charge < -0.3 is 18.9 Å². The quantitative estimate of drug-likeness (QED) is 0.137. The number of rotatable bonds is 7. The third kappa shape index (κ3) is 4.20. The zero-order chi connectivity index (χ0) is 25.1. The molecule has 1 aromatic heterocycles. The van der Waals surface area contributed by atoms with Crippen LogP contribution in [0.1, 0.15) is 16.7 Å². The molecule has 0 bridgehead atoms. The average molecular weight is 480 g/mol. The number of hydrogen-bond donors (Lipinski definition) is 0. The first-order valence-corrected chi connectivity index (χ1v) is 11.6. The lowest BCUT2D eigenvalue weighted by atomic mass is 9.90. The molecular weight excluding hydrogens is 452 g/mol. The molecule has 0 saturated carbocycles. The van der Waals surface area contributed by atoms with E-state index in [1.807, 2.05) is 60.7 Å². The maximum absolute atomic E-state index is 6.41. The van der Waals surface area contributed by atoms with Crippen molar-refractivity contribution in [1.82, 2.24) is 0 Å². The fraction of sp³-hybridized carbons (Fsp3) is 0.129. The topological polar surface area (TPSA) is 48.2 Å². The van der Waals surface area contributed by atoms with Crippen molar-refractivity contribution in [2.24, 2.45) is 0 Å². The normalized spacial score (nSPS) is 11.5. The van der Waals surface area contributed by atoms with E-state index in [4.69, 9.17) is 23.4 Å². The van der Waals surface area contributed by atoms with Gasteiger partial charge in [0.15, 0.2) is 23.0 Å². The Hall–Kier alpha value is -4.51. The average Bonchev–Trinajstić information content (AvgIpc) is 2.94. The maximum atomic E-state index is 6.41. The summed E-state index contributed by atoms with van der Waals surface area (Å²) in [5, 5.41) is 1.77. The minimum absolute atomic E-state index is 0.591. The van der Waals surface area contributed by atoms with Crippen molar-refractivity contribution in [2.75, 3.05) is 28.4 Å². The minimum atomic E-state index is 0.591. The molecule has 36 heavy (non-hydrogen) atoms. The predicted octanol–water partition coefficient (Wildman–Crippen LogP) is 7.49. The van der Waals surface area contributed by atoms with Crippen LogP contribution in [-0.2, 0) is 0 Å². The fourth-order valence-corrected chi connectivity index (χ4v) is 4.47. The third-order valence-corrected chi connectivity index (χ3v) is 6.19. The zero-order valence-electron chi connectivity index (χ0n) is 20.7. The Morgan fingerprint density at radius 3 is 1.50 bits per heavy atom. The molecule has 0 unspecified atom stereocenters. The van der Waals surface area contributed by atoms with Gasteiger partial charge in [0.2, 0.25) is 0 Å². The van der Waals surface area contributed by atoms with E-state index < -0.39 is 0 Å². The molecular formula is C31H27O5+. The van der Waals surface area contributed by atoms with Gasteiger partial charge in [0.05, 0.1) is 51.3 Å². The van der Waals surface area contributed by atoms with Gasteiger partial charge in [0, 0.05) is 17.7 Å². The van der Waals surface area contributed by atoms with Crippen molar-refractivity contribution in [1.29, 1.82) is 0 Å². The molecule has 0 spiro atoms. The van der Waals surface area contributed by atoms with Crippen LogP contribution in [-0.4, -0.2) is 28.4 Å². The van der Waals surface area contributed by atoms with Gasteiger partial charge in [0.25, 0.3) is 0 Å². The van der Waals surface area contributed by atoms with E-state index in [9.17, 15) is 0 Å². The molecule has 0 aliphatic heterocycles. The second-order valence-electron chi connectivity index (χ2n) is 8.22. The summed E-state index contributed by atoms with van der Waals surface area (Å²) in [7, 11) is 6.50. The second-order valence-corrected chi connectivity index (χ2v) is 8.22. The van der Waals surface area contributed by atoms with Crippen LogP contribution < -0.4 is 18.9 Å². The minimum Gasteiger partial charge on any atom is -0.493 e. The van der Waals surface area contributed by atoms with Crippen LogP contribution in [0.3, 0.4) is 0 Å². The van der Waals surface area contributed by atoms with Gasteiger partial charge >= 0.3 is 11.2 Å².